The number of aryl methyl sites for hydroxylation is 1. The molecule has 5 nitrogen and oxygen atoms in total. The SMILES string of the molecule is COc1ccc(C(=O)N2CCN(c3cc(C)c4ccccc4n3)CC2)cc1. The molecule has 0 spiro atoms. The van der Waals surface area contributed by atoms with Crippen LogP contribution in [0.3, 0.4) is 0 Å². The molecule has 1 fully saturated rings. The van der Waals surface area contributed by atoms with Crippen LogP contribution in [0.2, 0.25) is 0 Å². The number of methoxy groups -OCH3 is 1. The first-order valence-corrected chi connectivity index (χ1v) is 9.20. The summed E-state index contributed by atoms with van der Waals surface area (Å²) in [5.41, 5.74) is 2.94. The smallest absolute Gasteiger partial charge is 0.253 e. The summed E-state index contributed by atoms with van der Waals surface area (Å²) in [5.74, 6) is 1.82. The lowest BCUT2D eigenvalue weighted by atomic mass is 10.1. The first-order chi connectivity index (χ1) is 13.2. The molecule has 0 saturated carbocycles. The molecule has 0 N–H and O–H groups in total. The van der Waals surface area contributed by atoms with Gasteiger partial charge in [-0.2, -0.15) is 0 Å². The zero-order valence-corrected chi connectivity index (χ0v) is 15.7. The van der Waals surface area contributed by atoms with Gasteiger partial charge in [0.2, 0.25) is 0 Å². The quantitative estimate of drug-likeness (QED) is 0.716. The minimum atomic E-state index is 0.0694. The van der Waals surface area contributed by atoms with Crippen LogP contribution in [0.5, 0.6) is 5.75 Å². The van der Waals surface area contributed by atoms with Gasteiger partial charge in [-0.25, -0.2) is 4.98 Å². The van der Waals surface area contributed by atoms with Crippen LogP contribution in [-0.4, -0.2) is 49.1 Å². The standard InChI is InChI=1S/C22H23N3O2/c1-16-15-21(23-20-6-4-3-5-19(16)20)24-11-13-25(14-12-24)22(26)17-7-9-18(27-2)10-8-17/h3-10,15H,11-14H2,1-2H3. The Hall–Kier alpha value is -3.08. The number of hydrogen-bond acceptors (Lipinski definition) is 4. The lowest BCUT2D eigenvalue weighted by Crippen LogP contribution is -2.49. The van der Waals surface area contributed by atoms with Crippen molar-refractivity contribution < 1.29 is 9.53 Å². The van der Waals surface area contributed by atoms with Gasteiger partial charge in [-0.1, -0.05) is 18.2 Å². The molecule has 2 heterocycles. The lowest BCUT2D eigenvalue weighted by Gasteiger charge is -2.35. The summed E-state index contributed by atoms with van der Waals surface area (Å²) in [5, 5.41) is 1.19. The van der Waals surface area contributed by atoms with Crippen molar-refractivity contribution in [2.24, 2.45) is 0 Å². The second-order valence-electron chi connectivity index (χ2n) is 6.82. The number of hydrogen-bond donors (Lipinski definition) is 0. The Morgan fingerprint density at radius 2 is 1.70 bits per heavy atom. The summed E-state index contributed by atoms with van der Waals surface area (Å²) in [6, 6.07) is 17.6. The van der Waals surface area contributed by atoms with E-state index in [2.05, 4.69) is 30.0 Å². The normalized spacial score (nSPS) is 14.4. The van der Waals surface area contributed by atoms with Gasteiger partial charge >= 0.3 is 0 Å². The molecule has 2 aromatic carbocycles. The summed E-state index contributed by atoms with van der Waals surface area (Å²) in [4.78, 5) is 21.7. The van der Waals surface area contributed by atoms with Gasteiger partial charge in [0.25, 0.3) is 5.91 Å². The van der Waals surface area contributed by atoms with Crippen molar-refractivity contribution in [3.8, 4) is 5.75 Å². The Morgan fingerprint density at radius 3 is 2.41 bits per heavy atom. The van der Waals surface area contributed by atoms with Crippen LogP contribution in [-0.2, 0) is 0 Å². The molecule has 1 aliphatic heterocycles. The number of para-hydroxylation sites is 1. The second-order valence-corrected chi connectivity index (χ2v) is 6.82. The molecule has 27 heavy (non-hydrogen) atoms. The van der Waals surface area contributed by atoms with Crippen molar-refractivity contribution in [1.29, 1.82) is 0 Å². The van der Waals surface area contributed by atoms with E-state index in [0.717, 1.165) is 30.2 Å². The summed E-state index contributed by atoms with van der Waals surface area (Å²) < 4.78 is 5.16. The summed E-state index contributed by atoms with van der Waals surface area (Å²) >= 11 is 0. The van der Waals surface area contributed by atoms with Gasteiger partial charge in [0.15, 0.2) is 0 Å². The number of rotatable bonds is 3. The number of piperazine rings is 1. The van der Waals surface area contributed by atoms with Crippen molar-refractivity contribution in [3.63, 3.8) is 0 Å². The van der Waals surface area contributed by atoms with E-state index < -0.39 is 0 Å². The van der Waals surface area contributed by atoms with E-state index >= 15 is 0 Å². The zero-order valence-electron chi connectivity index (χ0n) is 15.7. The van der Waals surface area contributed by atoms with Gasteiger partial charge in [0.05, 0.1) is 12.6 Å². The second kappa shape index (κ2) is 7.27. The van der Waals surface area contributed by atoms with E-state index in [0.29, 0.717) is 18.7 Å². The molecule has 1 aromatic heterocycles. The minimum Gasteiger partial charge on any atom is -0.497 e. The predicted octanol–water partition coefficient (Wildman–Crippen LogP) is 3.51. The molecule has 0 bridgehead atoms. The van der Waals surface area contributed by atoms with Gasteiger partial charge in [-0.3, -0.25) is 4.79 Å². The maximum absolute atomic E-state index is 12.7. The van der Waals surface area contributed by atoms with E-state index in [1.807, 2.05) is 41.3 Å². The number of pyridine rings is 1. The molecule has 3 aromatic rings. The molecule has 1 saturated heterocycles. The van der Waals surface area contributed by atoms with Crippen molar-refractivity contribution in [3.05, 3.63) is 65.7 Å². The molecule has 0 atom stereocenters. The molecule has 1 aliphatic rings. The molecule has 0 unspecified atom stereocenters. The van der Waals surface area contributed by atoms with E-state index in [1.165, 1.54) is 10.9 Å². The predicted molar refractivity (Wildman–Crippen MR) is 108 cm³/mol. The van der Waals surface area contributed by atoms with Crippen LogP contribution < -0.4 is 9.64 Å². The molecule has 138 valence electrons. The summed E-state index contributed by atoms with van der Waals surface area (Å²) in [7, 11) is 1.62. The largest absolute Gasteiger partial charge is 0.497 e. The zero-order chi connectivity index (χ0) is 18.8. The topological polar surface area (TPSA) is 45.7 Å². The van der Waals surface area contributed by atoms with Gasteiger partial charge < -0.3 is 14.5 Å². The third-order valence-corrected chi connectivity index (χ3v) is 5.14. The number of fused-ring (bicyclic) bond motifs is 1. The highest BCUT2D eigenvalue weighted by Gasteiger charge is 2.23. The third-order valence-electron chi connectivity index (χ3n) is 5.14. The number of carbonyl (C=O) groups excluding carboxylic acids is 1. The number of amides is 1. The number of carbonyl (C=O) groups is 1. The fraction of sp³-hybridized carbons (Fsp3) is 0.273. The first-order valence-electron chi connectivity index (χ1n) is 9.20. The van der Waals surface area contributed by atoms with Crippen LogP contribution in [0.4, 0.5) is 5.82 Å². The highest BCUT2D eigenvalue weighted by Crippen LogP contribution is 2.23. The molecular weight excluding hydrogens is 338 g/mol. The van der Waals surface area contributed by atoms with Gasteiger partial charge in [-0.15, -0.1) is 0 Å². The van der Waals surface area contributed by atoms with E-state index in [4.69, 9.17) is 9.72 Å². The Balaban J connectivity index is 1.46. The van der Waals surface area contributed by atoms with Crippen LogP contribution in [0, 0.1) is 6.92 Å². The van der Waals surface area contributed by atoms with Crippen molar-refractivity contribution in [1.82, 2.24) is 9.88 Å². The number of ether oxygens (including phenoxy) is 1. The Kier molecular flexibility index (Phi) is 4.67. The summed E-state index contributed by atoms with van der Waals surface area (Å²) in [6.45, 7) is 5.08. The average molecular weight is 361 g/mol. The number of benzene rings is 2. The summed E-state index contributed by atoms with van der Waals surface area (Å²) in [6.07, 6.45) is 0. The van der Waals surface area contributed by atoms with Crippen LogP contribution in [0.25, 0.3) is 10.9 Å². The monoisotopic (exact) mass is 361 g/mol. The van der Waals surface area contributed by atoms with Crippen LogP contribution >= 0.6 is 0 Å². The Morgan fingerprint density at radius 1 is 1.00 bits per heavy atom. The number of anilines is 1. The number of aromatic nitrogens is 1. The van der Waals surface area contributed by atoms with E-state index in [1.54, 1.807) is 7.11 Å². The number of nitrogens with zero attached hydrogens (tertiary/aromatic N) is 3. The van der Waals surface area contributed by atoms with Gasteiger partial charge in [0, 0.05) is 37.1 Å². The van der Waals surface area contributed by atoms with E-state index in [-0.39, 0.29) is 5.91 Å². The highest BCUT2D eigenvalue weighted by molar-refractivity contribution is 5.94. The van der Waals surface area contributed by atoms with Crippen molar-refractivity contribution in [2.45, 2.75) is 6.92 Å². The Labute approximate surface area is 159 Å². The van der Waals surface area contributed by atoms with Crippen LogP contribution in [0.15, 0.2) is 54.6 Å². The van der Waals surface area contributed by atoms with Gasteiger partial charge in [-0.05, 0) is 48.9 Å². The maximum atomic E-state index is 12.7. The average Bonchev–Trinajstić information content (AvgIpc) is 2.73. The fourth-order valence-corrected chi connectivity index (χ4v) is 3.55. The van der Waals surface area contributed by atoms with E-state index in [9.17, 15) is 4.79 Å². The minimum absolute atomic E-state index is 0.0694. The molecule has 4 rings (SSSR count). The first kappa shape index (κ1) is 17.3. The molecule has 1 amide bonds. The Bertz CT molecular complexity index is 961. The molecular formula is C22H23N3O2. The van der Waals surface area contributed by atoms with Crippen molar-refractivity contribution >= 4 is 22.6 Å². The fourth-order valence-electron chi connectivity index (χ4n) is 3.55. The molecule has 5 heteroatoms. The molecule has 0 aliphatic carbocycles. The highest BCUT2D eigenvalue weighted by atomic mass is 16.5. The van der Waals surface area contributed by atoms with Crippen molar-refractivity contribution in [2.75, 3.05) is 38.2 Å². The molecule has 0 radical (unpaired) electrons. The third kappa shape index (κ3) is 3.45. The maximum Gasteiger partial charge on any atom is 0.253 e. The lowest BCUT2D eigenvalue weighted by molar-refractivity contribution is 0.0746. The van der Waals surface area contributed by atoms with Crippen LogP contribution in [0.1, 0.15) is 15.9 Å². The van der Waals surface area contributed by atoms with Gasteiger partial charge in [0.1, 0.15) is 11.6 Å².